The van der Waals surface area contributed by atoms with Crippen LogP contribution in [-0.2, 0) is 35.6 Å². The van der Waals surface area contributed by atoms with Crippen molar-refractivity contribution in [1.29, 1.82) is 0 Å². The van der Waals surface area contributed by atoms with Crippen molar-refractivity contribution in [3.05, 3.63) is 70.3 Å². The lowest BCUT2D eigenvalue weighted by Gasteiger charge is -2.29. The van der Waals surface area contributed by atoms with Crippen molar-refractivity contribution in [2.45, 2.75) is 68.1 Å². The number of hydrogen-bond donors (Lipinski definition) is 1. The molecule has 0 amide bonds. The van der Waals surface area contributed by atoms with Crippen LogP contribution in [0, 0.1) is 5.41 Å². The van der Waals surface area contributed by atoms with Gasteiger partial charge in [0.15, 0.2) is 0 Å². The fourth-order valence-electron chi connectivity index (χ4n) is 6.43. The Morgan fingerprint density at radius 2 is 1.85 bits per heavy atom. The van der Waals surface area contributed by atoms with E-state index in [-0.39, 0.29) is 23.1 Å². The van der Waals surface area contributed by atoms with Crippen LogP contribution in [0.3, 0.4) is 0 Å². The van der Waals surface area contributed by atoms with Gasteiger partial charge in [0.25, 0.3) is 0 Å². The van der Waals surface area contributed by atoms with Gasteiger partial charge in [-0.05, 0) is 67.0 Å². The van der Waals surface area contributed by atoms with Gasteiger partial charge >= 0.3 is 6.18 Å². The minimum Gasteiger partial charge on any atom is -0.296 e. The van der Waals surface area contributed by atoms with Crippen LogP contribution >= 0.6 is 0 Å². The molecule has 0 bridgehead atoms. The minimum atomic E-state index is -4.35. The molecule has 3 atom stereocenters. The van der Waals surface area contributed by atoms with E-state index in [1.807, 2.05) is 6.07 Å². The van der Waals surface area contributed by atoms with E-state index in [1.54, 1.807) is 6.07 Å². The molecule has 176 valence electrons. The Hall–Kier alpha value is -1.90. The average Bonchev–Trinajstić information content (AvgIpc) is 3.56. The number of rotatable bonds is 6. The van der Waals surface area contributed by atoms with Crippen LogP contribution in [0.25, 0.3) is 0 Å². The highest BCUT2D eigenvalue weighted by Crippen LogP contribution is 2.76. The molecule has 8 heteroatoms. The number of nitrogens with zero attached hydrogens (tertiary/aromatic N) is 1. The third kappa shape index (κ3) is 3.36. The molecule has 1 aliphatic heterocycles. The molecule has 2 aromatic rings. The van der Waals surface area contributed by atoms with Gasteiger partial charge in [-0.2, -0.15) is 13.2 Å². The Morgan fingerprint density at radius 3 is 2.48 bits per heavy atom. The summed E-state index contributed by atoms with van der Waals surface area (Å²) in [4.78, 5) is 2.33. The lowest BCUT2D eigenvalue weighted by molar-refractivity contribution is -0.137. The first-order valence-electron chi connectivity index (χ1n) is 11.6. The lowest BCUT2D eigenvalue weighted by Crippen LogP contribution is -2.38. The molecular formula is C25H27F3N2O2S. The summed E-state index contributed by atoms with van der Waals surface area (Å²) < 4.78 is 67.4. The highest BCUT2D eigenvalue weighted by atomic mass is 32.2. The zero-order chi connectivity index (χ0) is 23.2. The number of hydrogen-bond acceptors (Lipinski definition) is 3. The molecule has 1 spiro atoms. The zero-order valence-electron chi connectivity index (χ0n) is 18.4. The van der Waals surface area contributed by atoms with Crippen molar-refractivity contribution in [2.24, 2.45) is 5.41 Å². The highest BCUT2D eigenvalue weighted by molar-refractivity contribution is 7.90. The van der Waals surface area contributed by atoms with Crippen molar-refractivity contribution in [2.75, 3.05) is 7.05 Å². The number of likely N-dealkylation sites (tertiary alicyclic amines) is 1. The quantitative estimate of drug-likeness (QED) is 0.635. The van der Waals surface area contributed by atoms with E-state index in [2.05, 4.69) is 28.8 Å². The SMILES string of the molecule is CN1C2C1C21Cc2ccc(CNS(=O)(=O)C3CCC3)cc2C1Cc1cccc(C(F)(F)F)c1. The number of fused-ring (bicyclic) bond motifs is 4. The van der Waals surface area contributed by atoms with Gasteiger partial charge in [0.05, 0.1) is 10.8 Å². The van der Waals surface area contributed by atoms with Crippen LogP contribution in [0.5, 0.6) is 0 Å². The van der Waals surface area contributed by atoms with Crippen LogP contribution < -0.4 is 4.72 Å². The van der Waals surface area contributed by atoms with Gasteiger partial charge in [-0.1, -0.05) is 42.8 Å². The summed E-state index contributed by atoms with van der Waals surface area (Å²) in [7, 11) is -1.20. The smallest absolute Gasteiger partial charge is 0.296 e. The Labute approximate surface area is 192 Å². The maximum absolute atomic E-state index is 13.3. The molecule has 6 rings (SSSR count). The van der Waals surface area contributed by atoms with Crippen molar-refractivity contribution < 1.29 is 21.6 Å². The number of halogens is 3. The Balaban J connectivity index is 1.27. The van der Waals surface area contributed by atoms with Gasteiger partial charge in [-0.15, -0.1) is 0 Å². The van der Waals surface area contributed by atoms with Crippen LogP contribution in [-0.4, -0.2) is 37.7 Å². The monoisotopic (exact) mass is 476 g/mol. The molecule has 0 radical (unpaired) electrons. The number of sulfonamides is 1. The minimum absolute atomic E-state index is 0.107. The second-order valence-corrected chi connectivity index (χ2v) is 12.3. The molecule has 2 saturated carbocycles. The number of likely N-dealkylation sites (N-methyl/N-ethyl adjacent to an activating group) is 1. The molecule has 1 heterocycles. The first-order valence-corrected chi connectivity index (χ1v) is 13.1. The third-order valence-corrected chi connectivity index (χ3v) is 10.4. The lowest BCUT2D eigenvalue weighted by atomic mass is 9.80. The van der Waals surface area contributed by atoms with E-state index in [4.69, 9.17) is 0 Å². The van der Waals surface area contributed by atoms with Gasteiger partial charge in [-0.3, -0.25) is 4.90 Å². The Kier molecular flexibility index (Phi) is 4.62. The van der Waals surface area contributed by atoms with E-state index in [0.29, 0.717) is 24.1 Å². The van der Waals surface area contributed by atoms with Gasteiger partial charge in [0.2, 0.25) is 10.0 Å². The van der Waals surface area contributed by atoms with E-state index in [1.165, 1.54) is 23.3 Å². The van der Waals surface area contributed by atoms with Crippen LogP contribution in [0.15, 0.2) is 42.5 Å². The van der Waals surface area contributed by atoms with Crippen molar-refractivity contribution in [1.82, 2.24) is 9.62 Å². The fraction of sp³-hybridized carbons (Fsp3) is 0.520. The third-order valence-electron chi connectivity index (χ3n) is 8.47. The molecule has 2 aromatic carbocycles. The van der Waals surface area contributed by atoms with Crippen LogP contribution in [0.1, 0.15) is 53.0 Å². The summed E-state index contributed by atoms with van der Waals surface area (Å²) in [5.41, 5.74) is 3.53. The molecule has 1 saturated heterocycles. The second kappa shape index (κ2) is 7.06. The molecular weight excluding hydrogens is 449 g/mol. The Bertz CT molecular complexity index is 1210. The normalized spacial score (nSPS) is 32.4. The van der Waals surface area contributed by atoms with Crippen molar-refractivity contribution >= 4 is 10.0 Å². The van der Waals surface area contributed by atoms with Gasteiger partial charge < -0.3 is 0 Å². The molecule has 3 unspecified atom stereocenters. The second-order valence-electron chi connectivity index (χ2n) is 10.3. The number of alkyl halides is 3. The summed E-state index contributed by atoms with van der Waals surface area (Å²) in [6, 6.07) is 12.8. The fourth-order valence-corrected chi connectivity index (χ4v) is 7.99. The van der Waals surface area contributed by atoms with E-state index in [9.17, 15) is 21.6 Å². The summed E-state index contributed by atoms with van der Waals surface area (Å²) >= 11 is 0. The molecule has 33 heavy (non-hydrogen) atoms. The van der Waals surface area contributed by atoms with Crippen molar-refractivity contribution in [3.8, 4) is 0 Å². The van der Waals surface area contributed by atoms with E-state index < -0.39 is 21.8 Å². The maximum Gasteiger partial charge on any atom is 0.416 e. The molecule has 4 nitrogen and oxygen atoms in total. The summed E-state index contributed by atoms with van der Waals surface area (Å²) in [6.45, 7) is 0.252. The predicted octanol–water partition coefficient (Wildman–Crippen LogP) is 4.24. The van der Waals surface area contributed by atoms with Gasteiger partial charge in [0, 0.05) is 24.0 Å². The maximum atomic E-state index is 13.3. The van der Waals surface area contributed by atoms with E-state index >= 15 is 0 Å². The summed E-state index contributed by atoms with van der Waals surface area (Å²) in [5.74, 6) is 0.144. The van der Waals surface area contributed by atoms with E-state index in [0.717, 1.165) is 37.3 Å². The molecule has 3 aliphatic carbocycles. The van der Waals surface area contributed by atoms with Crippen LogP contribution in [0.4, 0.5) is 13.2 Å². The summed E-state index contributed by atoms with van der Waals surface area (Å²) in [6.07, 6.45) is -0.446. The molecule has 1 N–H and O–H groups in total. The molecule has 4 aliphatic rings. The predicted molar refractivity (Wildman–Crippen MR) is 119 cm³/mol. The Morgan fingerprint density at radius 1 is 1.09 bits per heavy atom. The van der Waals surface area contributed by atoms with Gasteiger partial charge in [0.1, 0.15) is 0 Å². The molecule has 0 aromatic heterocycles. The molecule has 3 fully saturated rings. The first-order chi connectivity index (χ1) is 15.6. The largest absolute Gasteiger partial charge is 0.416 e. The first kappa shape index (κ1) is 21.6. The zero-order valence-corrected chi connectivity index (χ0v) is 19.2. The van der Waals surface area contributed by atoms with Gasteiger partial charge in [-0.25, -0.2) is 13.1 Å². The topological polar surface area (TPSA) is 49.2 Å². The number of nitrogens with one attached hydrogen (secondary N) is 1. The average molecular weight is 477 g/mol. The summed E-state index contributed by atoms with van der Waals surface area (Å²) in [5, 5.41) is -0.280. The highest BCUT2D eigenvalue weighted by Gasteiger charge is 2.84. The standard InChI is InChI=1S/C25H27F3N2O2S/c1-30-22-23(30)24(22)13-17-9-8-16(14-29-33(31,32)19-6-3-7-19)11-20(17)21(24)12-15-4-2-5-18(10-15)25(26,27)28/h2,4-5,8-11,19,21-23,29H,3,6-7,12-14H2,1H3. The van der Waals surface area contributed by atoms with Crippen LogP contribution in [0.2, 0.25) is 0 Å². The number of benzene rings is 2. The van der Waals surface area contributed by atoms with Crippen molar-refractivity contribution in [3.63, 3.8) is 0 Å².